The second-order valence-electron chi connectivity index (χ2n) is 11.2. The first-order valence-corrected chi connectivity index (χ1v) is 15.5. The molecular weight excluding hydrogens is 554 g/mol. The number of pyridine rings is 1. The zero-order chi connectivity index (χ0) is 29.3. The summed E-state index contributed by atoms with van der Waals surface area (Å²) in [6.07, 6.45) is 3.88. The monoisotopic (exact) mass is 588 g/mol. The number of aliphatic hydroxyl groups excluding tert-OH is 1. The van der Waals surface area contributed by atoms with Crippen LogP contribution in [-0.4, -0.2) is 68.9 Å². The van der Waals surface area contributed by atoms with Crippen molar-refractivity contribution in [2.24, 2.45) is 5.41 Å². The number of carbonyl (C=O) groups excluding carboxylic acids is 1. The number of hydrogen-bond donors (Lipinski definition) is 3. The van der Waals surface area contributed by atoms with Gasteiger partial charge in [0.15, 0.2) is 0 Å². The van der Waals surface area contributed by atoms with E-state index in [1.165, 1.54) is 25.0 Å². The quantitative estimate of drug-likeness (QED) is 0.405. The van der Waals surface area contributed by atoms with E-state index in [0.717, 1.165) is 31.6 Å². The van der Waals surface area contributed by atoms with Gasteiger partial charge in [-0.2, -0.15) is 5.26 Å². The van der Waals surface area contributed by atoms with E-state index in [-0.39, 0.29) is 55.5 Å². The third kappa shape index (κ3) is 7.05. The summed E-state index contributed by atoms with van der Waals surface area (Å²) in [6.45, 7) is 1.22. The van der Waals surface area contributed by atoms with E-state index >= 15 is 0 Å². The highest BCUT2D eigenvalue weighted by molar-refractivity contribution is 7.92. The van der Waals surface area contributed by atoms with Crippen LogP contribution in [0.25, 0.3) is 0 Å². The molecule has 1 aromatic heterocycles. The van der Waals surface area contributed by atoms with E-state index in [4.69, 9.17) is 5.11 Å². The Morgan fingerprint density at radius 3 is 2.34 bits per heavy atom. The van der Waals surface area contributed by atoms with Crippen molar-refractivity contribution in [3.05, 3.63) is 41.5 Å². The van der Waals surface area contributed by atoms with Crippen LogP contribution in [-0.2, 0) is 21.2 Å². The minimum atomic E-state index is -3.72. The number of alkyl halides is 2. The summed E-state index contributed by atoms with van der Waals surface area (Å²) < 4.78 is 54.3. The molecule has 3 aliphatic rings. The molecule has 2 aliphatic heterocycles. The largest absolute Gasteiger partial charge is 0.395 e. The molecule has 0 unspecified atom stereocenters. The van der Waals surface area contributed by atoms with Gasteiger partial charge in [-0.1, -0.05) is 6.07 Å². The van der Waals surface area contributed by atoms with Gasteiger partial charge in [-0.05, 0) is 60.9 Å². The van der Waals surface area contributed by atoms with Gasteiger partial charge in [0.2, 0.25) is 15.9 Å². The Morgan fingerprint density at radius 1 is 1.02 bits per heavy atom. The van der Waals surface area contributed by atoms with E-state index in [9.17, 15) is 27.3 Å². The maximum atomic E-state index is 13.7. The molecule has 5 rings (SSSR count). The Labute approximate surface area is 238 Å². The Morgan fingerprint density at radius 2 is 1.71 bits per heavy atom. The number of sulfonamides is 1. The number of piperidine rings is 2. The molecule has 3 heterocycles. The average Bonchev–Trinajstić information content (AvgIpc) is 3.68. The molecule has 1 aliphatic carbocycles. The van der Waals surface area contributed by atoms with Gasteiger partial charge in [0.25, 0.3) is 5.92 Å². The van der Waals surface area contributed by atoms with Gasteiger partial charge in [-0.15, -0.1) is 0 Å². The summed E-state index contributed by atoms with van der Waals surface area (Å²) in [5.41, 5.74) is 2.51. The lowest BCUT2D eigenvalue weighted by Crippen LogP contribution is -2.40. The lowest BCUT2D eigenvalue weighted by Gasteiger charge is -2.35. The highest BCUT2D eigenvalue weighted by Crippen LogP contribution is 2.54. The second kappa shape index (κ2) is 11.4. The number of benzene rings is 1. The molecule has 2 aromatic rings. The van der Waals surface area contributed by atoms with Crippen LogP contribution in [0.5, 0.6) is 0 Å². The molecule has 41 heavy (non-hydrogen) atoms. The molecule has 1 saturated carbocycles. The Bertz CT molecular complexity index is 1440. The molecule has 1 amide bonds. The molecule has 3 fully saturated rings. The average molecular weight is 589 g/mol. The minimum absolute atomic E-state index is 0.00635. The molecule has 2 saturated heterocycles. The molecule has 1 spiro atoms. The van der Waals surface area contributed by atoms with Crippen LogP contribution in [0, 0.1) is 16.7 Å². The van der Waals surface area contributed by atoms with E-state index in [1.807, 2.05) is 6.07 Å². The van der Waals surface area contributed by atoms with Crippen molar-refractivity contribution in [3.8, 4) is 6.07 Å². The normalized spacial score (nSPS) is 19.5. The van der Waals surface area contributed by atoms with Gasteiger partial charge in [0.1, 0.15) is 17.7 Å². The predicted molar refractivity (Wildman–Crippen MR) is 152 cm³/mol. The highest BCUT2D eigenvalue weighted by Gasteiger charge is 2.44. The molecular formula is C28H34F2N6O4S. The minimum Gasteiger partial charge on any atom is -0.395 e. The molecule has 0 atom stereocenters. The SMILES string of the molecule is N#Cc1ccc(NC(=O)Cc2ccc(NS(=O)(=O)CCO)cc2N2CCC3(CC2)CC3)nc1N1CCC(F)(F)CC1. The van der Waals surface area contributed by atoms with Gasteiger partial charge in [0.05, 0.1) is 30.0 Å². The Kier molecular flexibility index (Phi) is 8.07. The van der Waals surface area contributed by atoms with E-state index in [2.05, 4.69) is 19.9 Å². The Hall–Kier alpha value is -3.50. The lowest BCUT2D eigenvalue weighted by molar-refractivity contribution is -0.115. The maximum absolute atomic E-state index is 13.7. The fraction of sp³-hybridized carbons (Fsp3) is 0.536. The summed E-state index contributed by atoms with van der Waals surface area (Å²) in [5, 5.41) is 21.4. The third-order valence-corrected chi connectivity index (χ3v) is 9.52. The van der Waals surface area contributed by atoms with Crippen LogP contribution in [0.15, 0.2) is 30.3 Å². The summed E-state index contributed by atoms with van der Waals surface area (Å²) in [6, 6.07) is 10.1. The first-order valence-electron chi connectivity index (χ1n) is 13.8. The van der Waals surface area contributed by atoms with Crippen molar-refractivity contribution in [2.75, 3.05) is 58.4 Å². The number of anilines is 4. The van der Waals surface area contributed by atoms with Gasteiger partial charge in [-0.25, -0.2) is 22.2 Å². The summed E-state index contributed by atoms with van der Waals surface area (Å²) in [7, 11) is -3.72. The number of aliphatic hydroxyl groups is 1. The van der Waals surface area contributed by atoms with Crippen LogP contribution in [0.2, 0.25) is 0 Å². The molecule has 220 valence electrons. The summed E-state index contributed by atoms with van der Waals surface area (Å²) in [5.74, 6) is -3.04. The lowest BCUT2D eigenvalue weighted by atomic mass is 9.92. The molecule has 0 radical (unpaired) electrons. The van der Waals surface area contributed by atoms with E-state index < -0.39 is 28.3 Å². The first-order chi connectivity index (χ1) is 19.5. The topological polar surface area (TPSA) is 139 Å². The fourth-order valence-electron chi connectivity index (χ4n) is 5.57. The zero-order valence-corrected chi connectivity index (χ0v) is 23.5. The molecule has 3 N–H and O–H groups in total. The van der Waals surface area contributed by atoms with E-state index in [1.54, 1.807) is 23.1 Å². The van der Waals surface area contributed by atoms with Crippen molar-refractivity contribution < 1.29 is 27.1 Å². The van der Waals surface area contributed by atoms with Gasteiger partial charge in [-0.3, -0.25) is 9.52 Å². The van der Waals surface area contributed by atoms with Gasteiger partial charge < -0.3 is 20.2 Å². The number of hydrogen-bond acceptors (Lipinski definition) is 8. The fourth-order valence-corrected chi connectivity index (χ4v) is 6.40. The smallest absolute Gasteiger partial charge is 0.251 e. The number of carbonyl (C=O) groups is 1. The number of nitrogens with one attached hydrogen (secondary N) is 2. The zero-order valence-electron chi connectivity index (χ0n) is 22.7. The number of amides is 1. The second-order valence-corrected chi connectivity index (χ2v) is 13.1. The summed E-state index contributed by atoms with van der Waals surface area (Å²) in [4.78, 5) is 21.4. The van der Waals surface area contributed by atoms with Gasteiger partial charge in [0, 0.05) is 44.7 Å². The van der Waals surface area contributed by atoms with Crippen molar-refractivity contribution in [2.45, 2.75) is 50.9 Å². The summed E-state index contributed by atoms with van der Waals surface area (Å²) >= 11 is 0. The van der Waals surface area contributed by atoms with Crippen LogP contribution in [0.3, 0.4) is 0 Å². The standard InChI is InChI=1S/C28H34F2N6O4S/c29-28(30)9-13-36(14-10-28)26-21(19-31)2-4-24(33-26)32-25(38)17-20-1-3-22(34-41(39,40)16-15-37)18-23(20)35-11-7-27(5-6-27)8-12-35/h1-4,18,34,37H,5-17H2,(H,32,33,38). The number of aromatic nitrogens is 1. The van der Waals surface area contributed by atoms with Crippen molar-refractivity contribution in [3.63, 3.8) is 0 Å². The van der Waals surface area contributed by atoms with Crippen molar-refractivity contribution >= 4 is 38.9 Å². The predicted octanol–water partition coefficient (Wildman–Crippen LogP) is 3.48. The van der Waals surface area contributed by atoms with Gasteiger partial charge >= 0.3 is 0 Å². The van der Waals surface area contributed by atoms with Crippen LogP contribution in [0.1, 0.15) is 49.7 Å². The number of nitrogens with zero attached hydrogens (tertiary/aromatic N) is 4. The number of halogens is 2. The molecule has 10 nitrogen and oxygen atoms in total. The Balaban J connectivity index is 1.33. The van der Waals surface area contributed by atoms with Crippen LogP contribution in [0.4, 0.5) is 31.8 Å². The maximum Gasteiger partial charge on any atom is 0.251 e. The number of nitriles is 1. The van der Waals surface area contributed by atoms with Crippen molar-refractivity contribution in [1.82, 2.24) is 4.98 Å². The molecule has 13 heteroatoms. The highest BCUT2D eigenvalue weighted by atomic mass is 32.2. The van der Waals surface area contributed by atoms with Crippen LogP contribution >= 0.6 is 0 Å². The van der Waals surface area contributed by atoms with Crippen molar-refractivity contribution in [1.29, 1.82) is 5.26 Å². The first kappa shape index (κ1) is 29.0. The number of rotatable bonds is 9. The molecule has 0 bridgehead atoms. The third-order valence-electron chi connectivity index (χ3n) is 8.25. The van der Waals surface area contributed by atoms with Crippen LogP contribution < -0.4 is 19.8 Å². The molecule has 1 aromatic carbocycles. The van der Waals surface area contributed by atoms with E-state index in [0.29, 0.717) is 16.7 Å².